The molecular formula is C18H25ClIN5S. The van der Waals surface area contributed by atoms with Crippen LogP contribution in [0.25, 0.3) is 0 Å². The average Bonchev–Trinajstić information content (AvgIpc) is 3.17. The second-order valence-corrected chi connectivity index (χ2v) is 7.21. The fourth-order valence-electron chi connectivity index (χ4n) is 2.86. The minimum atomic E-state index is 0. The molecule has 2 aromatic rings. The molecule has 0 spiro atoms. The molecule has 0 aliphatic carbocycles. The number of nitrogens with zero attached hydrogens (tertiary/aromatic N) is 4. The summed E-state index contributed by atoms with van der Waals surface area (Å²) in [6, 6.07) is 8.15. The summed E-state index contributed by atoms with van der Waals surface area (Å²) in [6.07, 6.45) is 2.69. The number of hydrogen-bond donors (Lipinski definition) is 1. The zero-order chi connectivity index (χ0) is 17.5. The molecule has 0 bridgehead atoms. The number of aliphatic imine (C=N–C) groups is 1. The smallest absolute Gasteiger partial charge is 0.194 e. The summed E-state index contributed by atoms with van der Waals surface area (Å²) < 4.78 is 0. The molecule has 0 unspecified atom stereocenters. The molecular weight excluding hydrogens is 481 g/mol. The maximum absolute atomic E-state index is 5.83. The average molecular weight is 506 g/mol. The first-order valence-electron chi connectivity index (χ1n) is 8.68. The van der Waals surface area contributed by atoms with E-state index in [2.05, 4.69) is 44.5 Å². The molecule has 3 rings (SSSR count). The van der Waals surface area contributed by atoms with E-state index in [0.29, 0.717) is 5.15 Å². The molecule has 8 heteroatoms. The van der Waals surface area contributed by atoms with E-state index in [0.717, 1.165) is 57.2 Å². The maximum Gasteiger partial charge on any atom is 0.194 e. The second kappa shape index (κ2) is 10.9. The first-order valence-corrected chi connectivity index (χ1v) is 9.94. The van der Waals surface area contributed by atoms with Gasteiger partial charge in [0.2, 0.25) is 0 Å². The Labute approximate surface area is 181 Å². The van der Waals surface area contributed by atoms with Crippen molar-refractivity contribution in [1.29, 1.82) is 0 Å². The Morgan fingerprint density at radius 2 is 2.08 bits per heavy atom. The van der Waals surface area contributed by atoms with Crippen molar-refractivity contribution in [3.8, 4) is 0 Å². The molecule has 26 heavy (non-hydrogen) atoms. The van der Waals surface area contributed by atoms with Crippen molar-refractivity contribution in [1.82, 2.24) is 15.2 Å². The Hall–Kier alpha value is -1.06. The van der Waals surface area contributed by atoms with Gasteiger partial charge >= 0.3 is 0 Å². The third kappa shape index (κ3) is 5.99. The van der Waals surface area contributed by atoms with Gasteiger partial charge in [-0.3, -0.25) is 4.99 Å². The van der Waals surface area contributed by atoms with E-state index in [1.807, 2.05) is 29.7 Å². The number of piperazine rings is 1. The standard InChI is InChI=1S/C18H24ClN5S.HI/c1-2-20-18(21-8-7-15-5-6-16(19)22-14-15)24-11-9-23(10-12-24)17-4-3-13-25-17;/h3-6,13-14H,2,7-12H2,1H3,(H,20,21);1H. The van der Waals surface area contributed by atoms with E-state index in [9.17, 15) is 0 Å². The van der Waals surface area contributed by atoms with Crippen molar-refractivity contribution in [2.24, 2.45) is 4.99 Å². The Bertz CT molecular complexity index is 669. The van der Waals surface area contributed by atoms with Gasteiger partial charge in [0.15, 0.2) is 5.96 Å². The third-order valence-corrected chi connectivity index (χ3v) is 5.34. The number of pyridine rings is 1. The van der Waals surface area contributed by atoms with E-state index in [1.165, 1.54) is 5.00 Å². The molecule has 0 atom stereocenters. The van der Waals surface area contributed by atoms with Crippen LogP contribution < -0.4 is 10.2 Å². The molecule has 1 saturated heterocycles. The van der Waals surface area contributed by atoms with Gasteiger partial charge in [-0.2, -0.15) is 0 Å². The Balaban J connectivity index is 0.00000243. The lowest BCUT2D eigenvalue weighted by Gasteiger charge is -2.37. The monoisotopic (exact) mass is 505 g/mol. The molecule has 3 heterocycles. The van der Waals surface area contributed by atoms with Gasteiger partial charge in [0.25, 0.3) is 0 Å². The van der Waals surface area contributed by atoms with Crippen molar-refractivity contribution in [3.63, 3.8) is 0 Å². The second-order valence-electron chi connectivity index (χ2n) is 5.90. The predicted octanol–water partition coefficient (Wildman–Crippen LogP) is 3.74. The minimum absolute atomic E-state index is 0. The molecule has 2 aromatic heterocycles. The zero-order valence-corrected chi connectivity index (χ0v) is 18.8. The van der Waals surface area contributed by atoms with Gasteiger partial charge in [-0.25, -0.2) is 4.98 Å². The van der Waals surface area contributed by atoms with Crippen LogP contribution in [0.3, 0.4) is 0 Å². The Kier molecular flexibility index (Phi) is 8.94. The van der Waals surface area contributed by atoms with Crippen LogP contribution in [0.4, 0.5) is 5.00 Å². The number of guanidine groups is 1. The first-order chi connectivity index (χ1) is 12.3. The molecule has 1 aliphatic rings. The summed E-state index contributed by atoms with van der Waals surface area (Å²) in [5.74, 6) is 1.01. The highest BCUT2D eigenvalue weighted by Gasteiger charge is 2.20. The molecule has 0 aromatic carbocycles. The third-order valence-electron chi connectivity index (χ3n) is 4.18. The first kappa shape index (κ1) is 21.2. The van der Waals surface area contributed by atoms with Crippen LogP contribution in [0.15, 0.2) is 40.8 Å². The molecule has 1 aliphatic heterocycles. The summed E-state index contributed by atoms with van der Waals surface area (Å²) in [6.45, 7) is 7.79. The topological polar surface area (TPSA) is 43.8 Å². The van der Waals surface area contributed by atoms with Gasteiger partial charge in [0.05, 0.1) is 5.00 Å². The molecule has 142 valence electrons. The van der Waals surface area contributed by atoms with Crippen LogP contribution in [0, 0.1) is 0 Å². The molecule has 1 fully saturated rings. The lowest BCUT2D eigenvalue weighted by Crippen LogP contribution is -2.52. The number of nitrogens with one attached hydrogen (secondary N) is 1. The normalized spacial score (nSPS) is 14.9. The number of thiophene rings is 1. The number of hydrogen-bond acceptors (Lipinski definition) is 4. The Morgan fingerprint density at radius 3 is 2.69 bits per heavy atom. The zero-order valence-electron chi connectivity index (χ0n) is 14.9. The number of halogens is 2. The highest BCUT2D eigenvalue weighted by Crippen LogP contribution is 2.22. The van der Waals surface area contributed by atoms with E-state index in [1.54, 1.807) is 0 Å². The number of aromatic nitrogens is 1. The quantitative estimate of drug-likeness (QED) is 0.291. The number of anilines is 1. The van der Waals surface area contributed by atoms with Gasteiger partial charge in [-0.05, 0) is 42.5 Å². The fraction of sp³-hybridized carbons (Fsp3) is 0.444. The fourth-order valence-corrected chi connectivity index (χ4v) is 3.76. The molecule has 0 radical (unpaired) electrons. The van der Waals surface area contributed by atoms with Crippen LogP contribution in [0.1, 0.15) is 12.5 Å². The highest BCUT2D eigenvalue weighted by molar-refractivity contribution is 14.0. The predicted molar refractivity (Wildman–Crippen MR) is 122 cm³/mol. The summed E-state index contributed by atoms with van der Waals surface area (Å²) in [7, 11) is 0. The largest absolute Gasteiger partial charge is 0.360 e. The van der Waals surface area contributed by atoms with E-state index in [4.69, 9.17) is 16.6 Å². The lowest BCUT2D eigenvalue weighted by atomic mass is 10.2. The van der Waals surface area contributed by atoms with E-state index >= 15 is 0 Å². The molecule has 1 N–H and O–H groups in total. The molecule has 0 saturated carbocycles. The highest BCUT2D eigenvalue weighted by atomic mass is 127. The maximum atomic E-state index is 5.83. The van der Waals surface area contributed by atoms with Crippen molar-refractivity contribution in [2.75, 3.05) is 44.2 Å². The van der Waals surface area contributed by atoms with Crippen molar-refractivity contribution in [2.45, 2.75) is 13.3 Å². The van der Waals surface area contributed by atoms with Crippen LogP contribution in [-0.4, -0.2) is 55.1 Å². The van der Waals surface area contributed by atoms with Gasteiger partial charge < -0.3 is 15.1 Å². The van der Waals surface area contributed by atoms with Gasteiger partial charge in [0.1, 0.15) is 5.15 Å². The van der Waals surface area contributed by atoms with Crippen LogP contribution in [0.5, 0.6) is 0 Å². The number of rotatable bonds is 5. The molecule has 0 amide bonds. The lowest BCUT2D eigenvalue weighted by molar-refractivity contribution is 0.373. The Morgan fingerprint density at radius 1 is 1.27 bits per heavy atom. The van der Waals surface area contributed by atoms with Crippen LogP contribution >= 0.6 is 46.9 Å². The van der Waals surface area contributed by atoms with E-state index in [-0.39, 0.29) is 24.0 Å². The van der Waals surface area contributed by atoms with Crippen LogP contribution in [0.2, 0.25) is 5.15 Å². The van der Waals surface area contributed by atoms with Gasteiger partial charge in [0, 0.05) is 45.5 Å². The van der Waals surface area contributed by atoms with Crippen molar-refractivity contribution in [3.05, 3.63) is 46.6 Å². The van der Waals surface area contributed by atoms with Crippen molar-refractivity contribution >= 4 is 57.9 Å². The summed E-state index contributed by atoms with van der Waals surface area (Å²) in [4.78, 5) is 13.7. The van der Waals surface area contributed by atoms with Crippen molar-refractivity contribution < 1.29 is 0 Å². The molecule has 5 nitrogen and oxygen atoms in total. The van der Waals surface area contributed by atoms with Gasteiger partial charge in [-0.1, -0.05) is 17.7 Å². The summed E-state index contributed by atoms with van der Waals surface area (Å²) >= 11 is 7.64. The van der Waals surface area contributed by atoms with Gasteiger partial charge in [-0.15, -0.1) is 35.3 Å². The summed E-state index contributed by atoms with van der Waals surface area (Å²) in [5, 5.41) is 7.45. The summed E-state index contributed by atoms with van der Waals surface area (Å²) in [5.41, 5.74) is 1.16. The minimum Gasteiger partial charge on any atom is -0.360 e. The van der Waals surface area contributed by atoms with Crippen LogP contribution in [-0.2, 0) is 6.42 Å². The SMILES string of the molecule is CCNC(=NCCc1ccc(Cl)nc1)N1CCN(c2cccs2)CC1.I. The van der Waals surface area contributed by atoms with E-state index < -0.39 is 0 Å².